The van der Waals surface area contributed by atoms with Gasteiger partial charge < -0.3 is 15.0 Å². The summed E-state index contributed by atoms with van der Waals surface area (Å²) in [6.07, 6.45) is 6.89. The largest absolute Gasteiger partial charge is 0.380 e. The molecule has 0 aromatic rings. The van der Waals surface area contributed by atoms with E-state index < -0.39 is 0 Å². The van der Waals surface area contributed by atoms with E-state index in [1.165, 1.54) is 51.7 Å². The van der Waals surface area contributed by atoms with Gasteiger partial charge in [-0.3, -0.25) is 0 Å². The van der Waals surface area contributed by atoms with E-state index in [-0.39, 0.29) is 0 Å². The second kappa shape index (κ2) is 6.72. The number of nitrogens with one attached hydrogen (secondary N) is 1. The van der Waals surface area contributed by atoms with Crippen molar-refractivity contribution in [3.8, 4) is 0 Å². The molecule has 1 aliphatic carbocycles. The van der Waals surface area contributed by atoms with Crippen LogP contribution in [-0.2, 0) is 4.74 Å². The number of hydrogen-bond donors (Lipinski definition) is 1. The van der Waals surface area contributed by atoms with Crippen molar-refractivity contribution in [2.75, 3.05) is 45.9 Å². The molecule has 0 unspecified atom stereocenters. The standard InChI is InChI=1S/C14H28N2O/c1-2-15-12-14(6-3-4-7-14)13-16-8-5-10-17-11-9-16/h15H,2-13H2,1H3. The third-order valence-corrected chi connectivity index (χ3v) is 4.29. The minimum Gasteiger partial charge on any atom is -0.380 e. The van der Waals surface area contributed by atoms with Crippen LogP contribution < -0.4 is 5.32 Å². The molecule has 0 spiro atoms. The van der Waals surface area contributed by atoms with Gasteiger partial charge in [-0.25, -0.2) is 0 Å². The molecule has 1 N–H and O–H groups in total. The molecule has 0 aromatic heterocycles. The van der Waals surface area contributed by atoms with Crippen LogP contribution >= 0.6 is 0 Å². The fourth-order valence-corrected chi connectivity index (χ4v) is 3.34. The van der Waals surface area contributed by atoms with E-state index in [0.717, 1.165) is 26.3 Å². The first-order valence-electron chi connectivity index (χ1n) is 7.35. The van der Waals surface area contributed by atoms with Crippen LogP contribution in [0, 0.1) is 5.41 Å². The van der Waals surface area contributed by atoms with Gasteiger partial charge in [0.2, 0.25) is 0 Å². The van der Waals surface area contributed by atoms with Crippen LogP contribution in [0.15, 0.2) is 0 Å². The Labute approximate surface area is 106 Å². The van der Waals surface area contributed by atoms with E-state index >= 15 is 0 Å². The molecule has 3 heteroatoms. The molecule has 3 nitrogen and oxygen atoms in total. The average Bonchev–Trinajstić information content (AvgIpc) is 2.64. The van der Waals surface area contributed by atoms with Gasteiger partial charge in [0, 0.05) is 32.8 Å². The van der Waals surface area contributed by atoms with Gasteiger partial charge in [0.15, 0.2) is 0 Å². The summed E-state index contributed by atoms with van der Waals surface area (Å²) in [5, 5.41) is 3.58. The zero-order chi connectivity index (χ0) is 12.0. The van der Waals surface area contributed by atoms with E-state index in [9.17, 15) is 0 Å². The third-order valence-electron chi connectivity index (χ3n) is 4.29. The number of rotatable bonds is 5. The molecular formula is C14H28N2O. The van der Waals surface area contributed by atoms with E-state index in [1.807, 2.05) is 0 Å². The molecule has 1 aliphatic heterocycles. The maximum Gasteiger partial charge on any atom is 0.0593 e. The summed E-state index contributed by atoms with van der Waals surface area (Å²) >= 11 is 0. The zero-order valence-electron chi connectivity index (χ0n) is 11.3. The Hall–Kier alpha value is -0.120. The molecule has 100 valence electrons. The fourth-order valence-electron chi connectivity index (χ4n) is 3.34. The predicted molar refractivity (Wildman–Crippen MR) is 71.3 cm³/mol. The molecule has 1 saturated heterocycles. The van der Waals surface area contributed by atoms with Crippen LogP contribution in [-0.4, -0.2) is 50.8 Å². The second-order valence-electron chi connectivity index (χ2n) is 5.73. The van der Waals surface area contributed by atoms with Crippen molar-refractivity contribution in [2.24, 2.45) is 5.41 Å². The molecule has 0 bridgehead atoms. The van der Waals surface area contributed by atoms with Crippen LogP contribution in [0.5, 0.6) is 0 Å². The van der Waals surface area contributed by atoms with Crippen molar-refractivity contribution < 1.29 is 4.74 Å². The summed E-state index contributed by atoms with van der Waals surface area (Å²) in [4.78, 5) is 2.63. The third kappa shape index (κ3) is 3.94. The minimum atomic E-state index is 0.556. The quantitative estimate of drug-likeness (QED) is 0.794. The van der Waals surface area contributed by atoms with Crippen LogP contribution in [0.1, 0.15) is 39.0 Å². The van der Waals surface area contributed by atoms with Crippen molar-refractivity contribution in [3.63, 3.8) is 0 Å². The Balaban J connectivity index is 1.87. The Kier molecular flexibility index (Phi) is 5.26. The van der Waals surface area contributed by atoms with E-state index in [2.05, 4.69) is 17.1 Å². The molecule has 2 fully saturated rings. The van der Waals surface area contributed by atoms with Crippen molar-refractivity contribution in [1.82, 2.24) is 10.2 Å². The molecule has 17 heavy (non-hydrogen) atoms. The van der Waals surface area contributed by atoms with Gasteiger partial charge in [-0.1, -0.05) is 19.8 Å². The Morgan fingerprint density at radius 2 is 1.94 bits per heavy atom. The van der Waals surface area contributed by atoms with Gasteiger partial charge in [-0.15, -0.1) is 0 Å². The lowest BCUT2D eigenvalue weighted by atomic mass is 9.85. The second-order valence-corrected chi connectivity index (χ2v) is 5.73. The first-order valence-corrected chi connectivity index (χ1v) is 7.35. The summed E-state index contributed by atoms with van der Waals surface area (Å²) in [5.41, 5.74) is 0.556. The molecule has 2 aliphatic rings. The lowest BCUT2D eigenvalue weighted by molar-refractivity contribution is 0.121. The first-order chi connectivity index (χ1) is 8.35. The van der Waals surface area contributed by atoms with Crippen LogP contribution in [0.4, 0.5) is 0 Å². The molecule has 1 heterocycles. The van der Waals surface area contributed by atoms with Gasteiger partial charge in [0.05, 0.1) is 6.61 Å². The topological polar surface area (TPSA) is 24.5 Å². The molecule has 0 atom stereocenters. The monoisotopic (exact) mass is 240 g/mol. The van der Waals surface area contributed by atoms with E-state index in [0.29, 0.717) is 5.41 Å². The lowest BCUT2D eigenvalue weighted by Crippen LogP contribution is -2.43. The number of hydrogen-bond acceptors (Lipinski definition) is 3. The van der Waals surface area contributed by atoms with E-state index in [1.54, 1.807) is 0 Å². The van der Waals surface area contributed by atoms with Crippen molar-refractivity contribution >= 4 is 0 Å². The average molecular weight is 240 g/mol. The molecular weight excluding hydrogens is 212 g/mol. The maximum atomic E-state index is 5.55. The van der Waals surface area contributed by atoms with Gasteiger partial charge in [0.1, 0.15) is 0 Å². The van der Waals surface area contributed by atoms with Crippen molar-refractivity contribution in [1.29, 1.82) is 0 Å². The van der Waals surface area contributed by atoms with Crippen LogP contribution in [0.25, 0.3) is 0 Å². The van der Waals surface area contributed by atoms with Gasteiger partial charge >= 0.3 is 0 Å². The Morgan fingerprint density at radius 1 is 1.12 bits per heavy atom. The molecule has 2 rings (SSSR count). The van der Waals surface area contributed by atoms with Crippen molar-refractivity contribution in [3.05, 3.63) is 0 Å². The summed E-state index contributed by atoms with van der Waals surface area (Å²) < 4.78 is 5.55. The zero-order valence-corrected chi connectivity index (χ0v) is 11.3. The molecule has 0 amide bonds. The highest BCUT2D eigenvalue weighted by Gasteiger charge is 2.35. The maximum absolute atomic E-state index is 5.55. The lowest BCUT2D eigenvalue weighted by Gasteiger charge is -2.35. The highest BCUT2D eigenvalue weighted by Crippen LogP contribution is 2.38. The Morgan fingerprint density at radius 3 is 2.71 bits per heavy atom. The van der Waals surface area contributed by atoms with Crippen LogP contribution in [0.3, 0.4) is 0 Å². The van der Waals surface area contributed by atoms with Gasteiger partial charge in [-0.2, -0.15) is 0 Å². The molecule has 0 aromatic carbocycles. The highest BCUT2D eigenvalue weighted by molar-refractivity contribution is 4.89. The van der Waals surface area contributed by atoms with Gasteiger partial charge in [-0.05, 0) is 31.2 Å². The molecule has 1 saturated carbocycles. The first kappa shape index (κ1) is 13.3. The van der Waals surface area contributed by atoms with Crippen LogP contribution in [0.2, 0.25) is 0 Å². The predicted octanol–water partition coefficient (Wildman–Crippen LogP) is 1.88. The van der Waals surface area contributed by atoms with Gasteiger partial charge in [0.25, 0.3) is 0 Å². The van der Waals surface area contributed by atoms with Crippen molar-refractivity contribution in [2.45, 2.75) is 39.0 Å². The highest BCUT2D eigenvalue weighted by atomic mass is 16.5. The Bertz CT molecular complexity index is 206. The van der Waals surface area contributed by atoms with E-state index in [4.69, 9.17) is 4.74 Å². The summed E-state index contributed by atoms with van der Waals surface area (Å²) in [7, 11) is 0. The SMILES string of the molecule is CCNCC1(CN2CCCOCC2)CCCC1. The molecule has 0 radical (unpaired) electrons. The normalized spacial score (nSPS) is 25.9. The smallest absolute Gasteiger partial charge is 0.0593 e. The number of nitrogens with zero attached hydrogens (tertiary/aromatic N) is 1. The minimum absolute atomic E-state index is 0.556. The summed E-state index contributed by atoms with van der Waals surface area (Å²) in [5.74, 6) is 0. The fraction of sp³-hybridized carbons (Fsp3) is 1.00. The summed E-state index contributed by atoms with van der Waals surface area (Å²) in [6.45, 7) is 10.0. The number of ether oxygens (including phenoxy) is 1. The summed E-state index contributed by atoms with van der Waals surface area (Å²) in [6, 6.07) is 0.